The lowest BCUT2D eigenvalue weighted by molar-refractivity contribution is 0.296. The Morgan fingerprint density at radius 3 is 2.65 bits per heavy atom. The minimum Gasteiger partial charge on any atom is -0.377 e. The van der Waals surface area contributed by atoms with E-state index >= 15 is 0 Å². The molecular formula is C16H23N3S. The zero-order valence-electron chi connectivity index (χ0n) is 12.5. The standard InChI is InChI=1S/C16H23N3S/c1-4-19(5-2)10-14-8-6-7-9-15(14)18-13(3)16-11-20-12-17-16/h6-9,11-13,18H,4-5,10H2,1-3H3. The fraction of sp³-hybridized carbons (Fsp3) is 0.438. The van der Waals surface area contributed by atoms with Gasteiger partial charge < -0.3 is 5.32 Å². The smallest absolute Gasteiger partial charge is 0.0795 e. The minimum absolute atomic E-state index is 0.235. The van der Waals surface area contributed by atoms with E-state index in [0.717, 1.165) is 25.3 Å². The van der Waals surface area contributed by atoms with Crippen LogP contribution in [0.4, 0.5) is 5.69 Å². The second kappa shape index (κ2) is 7.41. The van der Waals surface area contributed by atoms with Crippen molar-refractivity contribution in [1.29, 1.82) is 0 Å². The molecule has 0 fully saturated rings. The summed E-state index contributed by atoms with van der Waals surface area (Å²) < 4.78 is 0. The Bertz CT molecular complexity index is 506. The third-order valence-corrected chi connectivity index (χ3v) is 4.18. The molecule has 108 valence electrons. The van der Waals surface area contributed by atoms with Gasteiger partial charge in [-0.2, -0.15) is 0 Å². The zero-order valence-corrected chi connectivity index (χ0v) is 13.3. The summed E-state index contributed by atoms with van der Waals surface area (Å²) in [4.78, 5) is 6.81. The number of thiazole rings is 1. The number of nitrogens with zero attached hydrogens (tertiary/aromatic N) is 2. The molecule has 0 aliphatic heterocycles. The maximum absolute atomic E-state index is 4.38. The first kappa shape index (κ1) is 15.0. The fourth-order valence-corrected chi connectivity index (χ4v) is 2.88. The molecule has 4 heteroatoms. The topological polar surface area (TPSA) is 28.2 Å². The molecular weight excluding hydrogens is 266 g/mol. The van der Waals surface area contributed by atoms with Gasteiger partial charge >= 0.3 is 0 Å². The molecule has 0 spiro atoms. The number of para-hydroxylation sites is 1. The lowest BCUT2D eigenvalue weighted by Crippen LogP contribution is -2.23. The summed E-state index contributed by atoms with van der Waals surface area (Å²) >= 11 is 1.64. The van der Waals surface area contributed by atoms with Crippen molar-refractivity contribution in [2.75, 3.05) is 18.4 Å². The van der Waals surface area contributed by atoms with E-state index in [4.69, 9.17) is 0 Å². The molecule has 1 N–H and O–H groups in total. The van der Waals surface area contributed by atoms with Gasteiger partial charge in [-0.25, -0.2) is 4.98 Å². The van der Waals surface area contributed by atoms with E-state index in [0.29, 0.717) is 0 Å². The van der Waals surface area contributed by atoms with Gasteiger partial charge in [0, 0.05) is 17.6 Å². The van der Waals surface area contributed by atoms with Gasteiger partial charge in [0.1, 0.15) is 0 Å². The average Bonchev–Trinajstić information content (AvgIpc) is 3.00. The predicted octanol–water partition coefficient (Wildman–Crippen LogP) is 4.16. The molecule has 2 aromatic rings. The second-order valence-electron chi connectivity index (χ2n) is 4.90. The van der Waals surface area contributed by atoms with Crippen molar-refractivity contribution in [3.63, 3.8) is 0 Å². The van der Waals surface area contributed by atoms with Gasteiger partial charge in [-0.3, -0.25) is 4.90 Å². The summed E-state index contributed by atoms with van der Waals surface area (Å²) in [5.41, 5.74) is 5.54. The van der Waals surface area contributed by atoms with E-state index < -0.39 is 0 Å². The first-order chi connectivity index (χ1) is 9.74. The van der Waals surface area contributed by atoms with Gasteiger partial charge in [0.25, 0.3) is 0 Å². The molecule has 0 aliphatic rings. The number of anilines is 1. The highest BCUT2D eigenvalue weighted by atomic mass is 32.1. The van der Waals surface area contributed by atoms with Crippen molar-refractivity contribution in [3.05, 3.63) is 46.4 Å². The summed E-state index contributed by atoms with van der Waals surface area (Å²) in [5.74, 6) is 0. The van der Waals surface area contributed by atoms with Crippen LogP contribution in [-0.2, 0) is 6.54 Å². The highest BCUT2D eigenvalue weighted by molar-refractivity contribution is 7.07. The Kier molecular flexibility index (Phi) is 5.56. The van der Waals surface area contributed by atoms with Crippen LogP contribution in [0.5, 0.6) is 0 Å². The van der Waals surface area contributed by atoms with E-state index in [9.17, 15) is 0 Å². The number of benzene rings is 1. The molecule has 1 heterocycles. The average molecular weight is 289 g/mol. The summed E-state index contributed by atoms with van der Waals surface area (Å²) in [5, 5.41) is 5.69. The number of rotatable bonds is 7. The lowest BCUT2D eigenvalue weighted by atomic mass is 10.1. The van der Waals surface area contributed by atoms with Crippen molar-refractivity contribution in [3.8, 4) is 0 Å². The van der Waals surface area contributed by atoms with E-state index in [2.05, 4.69) is 65.6 Å². The normalized spacial score (nSPS) is 12.6. The summed E-state index contributed by atoms with van der Waals surface area (Å²) in [6.45, 7) is 9.71. The van der Waals surface area contributed by atoms with Crippen molar-refractivity contribution in [2.45, 2.75) is 33.4 Å². The molecule has 20 heavy (non-hydrogen) atoms. The van der Waals surface area contributed by atoms with E-state index in [1.807, 2.05) is 5.51 Å². The minimum atomic E-state index is 0.235. The van der Waals surface area contributed by atoms with E-state index in [1.54, 1.807) is 11.3 Å². The molecule has 1 unspecified atom stereocenters. The van der Waals surface area contributed by atoms with Gasteiger partial charge in [-0.1, -0.05) is 32.0 Å². The molecule has 0 bridgehead atoms. The number of aromatic nitrogens is 1. The largest absolute Gasteiger partial charge is 0.377 e. The van der Waals surface area contributed by atoms with Crippen molar-refractivity contribution >= 4 is 17.0 Å². The first-order valence-corrected chi connectivity index (χ1v) is 8.13. The fourth-order valence-electron chi connectivity index (χ4n) is 2.23. The van der Waals surface area contributed by atoms with Crippen molar-refractivity contribution < 1.29 is 0 Å². The molecule has 2 rings (SSSR count). The van der Waals surface area contributed by atoms with Crippen LogP contribution >= 0.6 is 11.3 Å². The number of hydrogen-bond donors (Lipinski definition) is 1. The lowest BCUT2D eigenvalue weighted by Gasteiger charge is -2.22. The van der Waals surface area contributed by atoms with Crippen LogP contribution in [0.1, 0.15) is 38.1 Å². The van der Waals surface area contributed by atoms with Crippen LogP contribution in [0.2, 0.25) is 0 Å². The van der Waals surface area contributed by atoms with E-state index in [1.165, 1.54) is 11.3 Å². The van der Waals surface area contributed by atoms with Gasteiger partial charge in [0.15, 0.2) is 0 Å². The molecule has 0 saturated carbocycles. The molecule has 1 atom stereocenters. The first-order valence-electron chi connectivity index (χ1n) is 7.19. The molecule has 0 aliphatic carbocycles. The third kappa shape index (κ3) is 3.81. The van der Waals surface area contributed by atoms with Gasteiger partial charge in [-0.15, -0.1) is 11.3 Å². The monoisotopic (exact) mass is 289 g/mol. The Labute approximate surface area is 125 Å². The molecule has 0 saturated heterocycles. The van der Waals surface area contributed by atoms with Crippen LogP contribution in [-0.4, -0.2) is 23.0 Å². The summed E-state index contributed by atoms with van der Waals surface area (Å²) in [7, 11) is 0. The number of nitrogens with one attached hydrogen (secondary N) is 1. The molecule has 0 amide bonds. The van der Waals surface area contributed by atoms with E-state index in [-0.39, 0.29) is 6.04 Å². The second-order valence-corrected chi connectivity index (χ2v) is 5.62. The van der Waals surface area contributed by atoms with Crippen molar-refractivity contribution in [1.82, 2.24) is 9.88 Å². The molecule has 1 aromatic carbocycles. The highest BCUT2D eigenvalue weighted by Crippen LogP contribution is 2.23. The summed E-state index contributed by atoms with van der Waals surface area (Å²) in [6.07, 6.45) is 0. The Balaban J connectivity index is 2.11. The molecule has 1 aromatic heterocycles. The quantitative estimate of drug-likeness (QED) is 0.829. The van der Waals surface area contributed by atoms with Crippen LogP contribution in [0.15, 0.2) is 35.2 Å². The Hall–Kier alpha value is -1.39. The summed E-state index contributed by atoms with van der Waals surface area (Å²) in [6, 6.07) is 8.79. The highest BCUT2D eigenvalue weighted by Gasteiger charge is 2.11. The van der Waals surface area contributed by atoms with Gasteiger partial charge in [-0.05, 0) is 31.6 Å². The van der Waals surface area contributed by atoms with Crippen LogP contribution in [0, 0.1) is 0 Å². The third-order valence-electron chi connectivity index (χ3n) is 3.57. The maximum Gasteiger partial charge on any atom is 0.0795 e. The predicted molar refractivity (Wildman–Crippen MR) is 87.2 cm³/mol. The maximum atomic E-state index is 4.38. The van der Waals surface area contributed by atoms with Crippen molar-refractivity contribution in [2.24, 2.45) is 0 Å². The Morgan fingerprint density at radius 2 is 2.00 bits per heavy atom. The SMILES string of the molecule is CCN(CC)Cc1ccccc1NC(C)c1cscn1. The molecule has 0 radical (unpaired) electrons. The van der Waals surface area contributed by atoms with Gasteiger partial charge in [0.05, 0.1) is 17.2 Å². The van der Waals surface area contributed by atoms with Crippen LogP contribution < -0.4 is 5.32 Å². The zero-order chi connectivity index (χ0) is 14.4. The van der Waals surface area contributed by atoms with Gasteiger partial charge in [0.2, 0.25) is 0 Å². The van der Waals surface area contributed by atoms with Crippen LogP contribution in [0.3, 0.4) is 0 Å². The Morgan fingerprint density at radius 1 is 1.25 bits per heavy atom. The van der Waals surface area contributed by atoms with Crippen LogP contribution in [0.25, 0.3) is 0 Å². The molecule has 3 nitrogen and oxygen atoms in total. The number of hydrogen-bond acceptors (Lipinski definition) is 4.